The Balaban J connectivity index is 2.66. The number of amides is 1. The summed E-state index contributed by atoms with van der Waals surface area (Å²) in [6, 6.07) is 2.86. The monoisotopic (exact) mass is 290 g/mol. The topological polar surface area (TPSA) is 62.2 Å². The minimum Gasteiger partial charge on any atom is -0.388 e. The van der Waals surface area contributed by atoms with E-state index in [2.05, 4.69) is 10.3 Å². The molecule has 100 valence electrons. The molecular weight excluding hydrogens is 275 g/mol. The first kappa shape index (κ1) is 15.2. The summed E-state index contributed by atoms with van der Waals surface area (Å²) < 4.78 is 0. The van der Waals surface area contributed by atoms with Crippen LogP contribution >= 0.6 is 23.2 Å². The average molecular weight is 291 g/mol. The lowest BCUT2D eigenvalue weighted by Crippen LogP contribution is -2.40. The third-order valence-corrected chi connectivity index (χ3v) is 2.83. The summed E-state index contributed by atoms with van der Waals surface area (Å²) in [4.78, 5) is 15.6. The number of nitrogens with zero attached hydrogens (tertiary/aromatic N) is 1. The number of halogens is 2. The van der Waals surface area contributed by atoms with Gasteiger partial charge in [0.1, 0.15) is 10.3 Å². The van der Waals surface area contributed by atoms with Crippen LogP contribution in [0.15, 0.2) is 12.1 Å². The van der Waals surface area contributed by atoms with E-state index in [1.165, 1.54) is 12.1 Å². The summed E-state index contributed by atoms with van der Waals surface area (Å²) in [7, 11) is 0. The molecule has 0 fully saturated rings. The van der Waals surface area contributed by atoms with Crippen molar-refractivity contribution in [3.63, 3.8) is 0 Å². The van der Waals surface area contributed by atoms with Crippen molar-refractivity contribution in [2.75, 3.05) is 6.54 Å². The van der Waals surface area contributed by atoms with E-state index in [1.807, 2.05) is 6.92 Å². The first-order chi connectivity index (χ1) is 8.34. The normalized spacial score (nSPS) is 14.1. The molecule has 0 saturated heterocycles. The van der Waals surface area contributed by atoms with Gasteiger partial charge in [-0.1, -0.05) is 36.5 Å². The number of aromatic nitrogens is 1. The number of aliphatic hydroxyl groups is 1. The third kappa shape index (κ3) is 4.80. The second-order valence-corrected chi connectivity index (χ2v) is 5.21. The molecule has 0 aliphatic carbocycles. The summed E-state index contributed by atoms with van der Waals surface area (Å²) in [5.74, 6) is -0.336. The molecule has 1 rings (SSSR count). The Morgan fingerprint density at radius 3 is 2.50 bits per heavy atom. The molecule has 4 nitrogen and oxygen atoms in total. The van der Waals surface area contributed by atoms with Crippen LogP contribution < -0.4 is 5.32 Å². The molecule has 0 bridgehead atoms. The summed E-state index contributed by atoms with van der Waals surface area (Å²) in [5, 5.41) is 12.9. The van der Waals surface area contributed by atoms with Gasteiger partial charge in [-0.3, -0.25) is 4.79 Å². The molecule has 1 heterocycles. The average Bonchev–Trinajstić information content (AvgIpc) is 2.24. The van der Waals surface area contributed by atoms with Crippen LogP contribution in [0.2, 0.25) is 10.3 Å². The fraction of sp³-hybridized carbons (Fsp3) is 0.500. The van der Waals surface area contributed by atoms with E-state index in [0.29, 0.717) is 12.0 Å². The molecule has 0 aliphatic rings. The number of nitrogens with one attached hydrogen (secondary N) is 1. The second-order valence-electron chi connectivity index (χ2n) is 4.43. The highest BCUT2D eigenvalue weighted by atomic mass is 35.5. The molecule has 1 aromatic rings. The smallest absolute Gasteiger partial charge is 0.251 e. The predicted octanol–water partition coefficient (Wildman–Crippen LogP) is 2.67. The number of pyridine rings is 1. The molecule has 6 heteroatoms. The molecular formula is C12H16Cl2N2O2. The first-order valence-corrected chi connectivity index (χ1v) is 6.43. The standard InChI is InChI=1S/C12H16Cl2N2O2/c1-3-4-12(2,18)7-15-11(17)8-5-9(13)16-10(14)6-8/h5-6,18H,3-4,7H2,1-2H3,(H,15,17). The number of rotatable bonds is 5. The van der Waals surface area contributed by atoms with Crippen LogP contribution in [0.1, 0.15) is 37.0 Å². The van der Waals surface area contributed by atoms with E-state index in [1.54, 1.807) is 6.92 Å². The van der Waals surface area contributed by atoms with Gasteiger partial charge in [-0.2, -0.15) is 0 Å². The molecule has 1 unspecified atom stereocenters. The van der Waals surface area contributed by atoms with E-state index in [9.17, 15) is 9.90 Å². The molecule has 1 aromatic heterocycles. The van der Waals surface area contributed by atoms with E-state index < -0.39 is 5.60 Å². The summed E-state index contributed by atoms with van der Waals surface area (Å²) in [5.41, 5.74) is -0.585. The van der Waals surface area contributed by atoms with Gasteiger partial charge in [-0.05, 0) is 25.5 Å². The Labute approximate surface area is 116 Å². The highest BCUT2D eigenvalue weighted by molar-refractivity contribution is 6.33. The van der Waals surface area contributed by atoms with Gasteiger partial charge in [0, 0.05) is 12.1 Å². The van der Waals surface area contributed by atoms with Gasteiger partial charge < -0.3 is 10.4 Å². The van der Waals surface area contributed by atoms with Crippen molar-refractivity contribution in [1.82, 2.24) is 10.3 Å². The van der Waals surface area contributed by atoms with Crippen LogP contribution in [0.4, 0.5) is 0 Å². The number of hydrogen-bond donors (Lipinski definition) is 2. The molecule has 1 amide bonds. The number of carbonyl (C=O) groups excluding carboxylic acids is 1. The van der Waals surface area contributed by atoms with Crippen molar-refractivity contribution >= 4 is 29.1 Å². The molecule has 0 spiro atoms. The van der Waals surface area contributed by atoms with Crippen molar-refractivity contribution in [3.8, 4) is 0 Å². The quantitative estimate of drug-likeness (QED) is 0.820. The van der Waals surface area contributed by atoms with Gasteiger partial charge in [-0.25, -0.2) is 4.98 Å². The number of hydrogen-bond acceptors (Lipinski definition) is 3. The molecule has 1 atom stereocenters. The Kier molecular flexibility index (Phi) is 5.38. The van der Waals surface area contributed by atoms with Crippen molar-refractivity contribution in [2.24, 2.45) is 0 Å². The van der Waals surface area contributed by atoms with Gasteiger partial charge in [0.25, 0.3) is 5.91 Å². The third-order valence-electron chi connectivity index (χ3n) is 2.44. The molecule has 0 aromatic carbocycles. The van der Waals surface area contributed by atoms with Crippen molar-refractivity contribution < 1.29 is 9.90 Å². The predicted molar refractivity (Wildman–Crippen MR) is 72.1 cm³/mol. The molecule has 0 saturated carbocycles. The largest absolute Gasteiger partial charge is 0.388 e. The highest BCUT2D eigenvalue weighted by Crippen LogP contribution is 2.15. The lowest BCUT2D eigenvalue weighted by atomic mass is 10.0. The zero-order valence-corrected chi connectivity index (χ0v) is 11.8. The number of carbonyl (C=O) groups is 1. The second kappa shape index (κ2) is 6.36. The lowest BCUT2D eigenvalue weighted by Gasteiger charge is -2.22. The molecule has 0 aliphatic heterocycles. The molecule has 18 heavy (non-hydrogen) atoms. The SMILES string of the molecule is CCCC(C)(O)CNC(=O)c1cc(Cl)nc(Cl)c1. The summed E-state index contributed by atoms with van der Waals surface area (Å²) in [6.07, 6.45) is 1.46. The summed E-state index contributed by atoms with van der Waals surface area (Å²) in [6.45, 7) is 3.83. The van der Waals surface area contributed by atoms with Crippen LogP contribution in [0.25, 0.3) is 0 Å². The van der Waals surface area contributed by atoms with Crippen molar-refractivity contribution in [1.29, 1.82) is 0 Å². The maximum Gasteiger partial charge on any atom is 0.251 e. The first-order valence-electron chi connectivity index (χ1n) is 5.68. The van der Waals surface area contributed by atoms with E-state index in [0.717, 1.165) is 6.42 Å². The van der Waals surface area contributed by atoms with Crippen LogP contribution in [0, 0.1) is 0 Å². The van der Waals surface area contributed by atoms with Crippen molar-refractivity contribution in [3.05, 3.63) is 28.0 Å². The lowest BCUT2D eigenvalue weighted by molar-refractivity contribution is 0.0469. The Morgan fingerprint density at radius 2 is 2.00 bits per heavy atom. The minimum atomic E-state index is -0.912. The summed E-state index contributed by atoms with van der Waals surface area (Å²) >= 11 is 11.4. The van der Waals surface area contributed by atoms with Gasteiger partial charge in [-0.15, -0.1) is 0 Å². The Morgan fingerprint density at radius 1 is 1.44 bits per heavy atom. The van der Waals surface area contributed by atoms with Crippen LogP contribution in [-0.2, 0) is 0 Å². The fourth-order valence-electron chi connectivity index (χ4n) is 1.60. The Hall–Kier alpha value is -0.840. The fourth-order valence-corrected chi connectivity index (χ4v) is 2.06. The van der Waals surface area contributed by atoms with Crippen LogP contribution in [0.3, 0.4) is 0 Å². The van der Waals surface area contributed by atoms with Gasteiger partial charge in [0.2, 0.25) is 0 Å². The van der Waals surface area contributed by atoms with Gasteiger partial charge in [0.05, 0.1) is 5.60 Å². The Bertz CT molecular complexity index is 416. The zero-order chi connectivity index (χ0) is 13.8. The molecule has 2 N–H and O–H groups in total. The van der Waals surface area contributed by atoms with Crippen LogP contribution in [-0.4, -0.2) is 28.1 Å². The van der Waals surface area contributed by atoms with E-state index >= 15 is 0 Å². The van der Waals surface area contributed by atoms with Gasteiger partial charge in [0.15, 0.2) is 0 Å². The van der Waals surface area contributed by atoms with E-state index in [-0.39, 0.29) is 22.8 Å². The highest BCUT2D eigenvalue weighted by Gasteiger charge is 2.20. The van der Waals surface area contributed by atoms with Gasteiger partial charge >= 0.3 is 0 Å². The maximum atomic E-state index is 11.8. The zero-order valence-electron chi connectivity index (χ0n) is 10.3. The maximum absolute atomic E-state index is 11.8. The van der Waals surface area contributed by atoms with Crippen LogP contribution in [0.5, 0.6) is 0 Å². The molecule has 0 radical (unpaired) electrons. The van der Waals surface area contributed by atoms with E-state index in [4.69, 9.17) is 23.2 Å². The van der Waals surface area contributed by atoms with Crippen molar-refractivity contribution in [2.45, 2.75) is 32.3 Å². The minimum absolute atomic E-state index is 0.160.